The van der Waals surface area contributed by atoms with Crippen molar-refractivity contribution in [2.24, 2.45) is 12.0 Å². The topological polar surface area (TPSA) is 59.6 Å². The Bertz CT molecular complexity index is 1100. The molecule has 0 aliphatic heterocycles. The van der Waals surface area contributed by atoms with E-state index in [9.17, 15) is 31.4 Å². The number of ether oxygens (including phenoxy) is 1. The largest absolute Gasteiger partial charge is 0.506 e. The number of alkyl halides is 6. The van der Waals surface area contributed by atoms with Gasteiger partial charge in [0.05, 0.1) is 17.9 Å². The molecular weight excluding hydrogens is 476 g/mol. The van der Waals surface area contributed by atoms with E-state index in [1.54, 1.807) is 0 Å². The lowest BCUT2D eigenvalue weighted by molar-refractivity contribution is -0.143. The van der Waals surface area contributed by atoms with Crippen LogP contribution in [0, 0.1) is 0 Å². The number of rotatable bonds is 10. The number of allylic oxidation sites excluding steroid dienone is 3. The Morgan fingerprint density at radius 2 is 1.86 bits per heavy atom. The lowest BCUT2D eigenvalue weighted by atomic mass is 9.97. The van der Waals surface area contributed by atoms with Crippen LogP contribution in [-0.4, -0.2) is 34.4 Å². The van der Waals surface area contributed by atoms with Crippen LogP contribution in [-0.2, 0) is 13.2 Å². The molecule has 0 aliphatic carbocycles. The zero-order valence-electron chi connectivity index (χ0n) is 19.6. The van der Waals surface area contributed by atoms with E-state index in [2.05, 4.69) is 16.8 Å². The summed E-state index contributed by atoms with van der Waals surface area (Å²) in [4.78, 5) is 3.54. The van der Waals surface area contributed by atoms with Crippen LogP contribution in [0.3, 0.4) is 0 Å². The zero-order chi connectivity index (χ0) is 26.4. The number of aliphatic imine (C=N–C) groups is 1. The second kappa shape index (κ2) is 11.5. The molecule has 0 spiro atoms. The van der Waals surface area contributed by atoms with Gasteiger partial charge in [-0.25, -0.2) is 0 Å². The van der Waals surface area contributed by atoms with Crippen LogP contribution in [0.1, 0.15) is 50.8 Å². The molecule has 0 atom stereocenters. The maximum absolute atomic E-state index is 13.2. The molecule has 5 nitrogen and oxygen atoms in total. The lowest BCUT2D eigenvalue weighted by Gasteiger charge is -2.17. The molecule has 2 rings (SSSR count). The summed E-state index contributed by atoms with van der Waals surface area (Å²) >= 11 is 0. The first-order valence-corrected chi connectivity index (χ1v) is 10.8. The van der Waals surface area contributed by atoms with Crippen molar-refractivity contribution in [3.8, 4) is 22.8 Å². The highest BCUT2D eigenvalue weighted by atomic mass is 19.4. The minimum atomic E-state index is -4.69. The zero-order valence-corrected chi connectivity index (χ0v) is 19.6. The Morgan fingerprint density at radius 3 is 2.40 bits per heavy atom. The maximum Gasteiger partial charge on any atom is 0.433 e. The molecular formula is C24H27F6N3O2. The van der Waals surface area contributed by atoms with Crippen LogP contribution in [0.25, 0.3) is 16.8 Å². The molecule has 11 heteroatoms. The van der Waals surface area contributed by atoms with Gasteiger partial charge in [0.15, 0.2) is 0 Å². The fourth-order valence-corrected chi connectivity index (χ4v) is 3.34. The van der Waals surface area contributed by atoms with Crippen LogP contribution in [0.2, 0.25) is 0 Å². The number of phenols is 1. The van der Waals surface area contributed by atoms with E-state index in [1.807, 2.05) is 6.92 Å². The van der Waals surface area contributed by atoms with E-state index in [1.165, 1.54) is 12.1 Å². The number of aromatic nitrogens is 2. The Hall–Kier alpha value is -3.24. The summed E-state index contributed by atoms with van der Waals surface area (Å²) in [5.74, 6) is -0.542. The molecule has 0 fully saturated rings. The Balaban J connectivity index is 2.67. The normalized spacial score (nSPS) is 13.3. The number of unbranched alkanes of at least 4 members (excludes halogenated alkanes) is 3. The minimum absolute atomic E-state index is 0.0517. The first-order chi connectivity index (χ1) is 16.3. The highest BCUT2D eigenvalue weighted by Gasteiger charge is 2.36. The van der Waals surface area contributed by atoms with Gasteiger partial charge in [-0.2, -0.15) is 31.4 Å². The van der Waals surface area contributed by atoms with Crippen molar-refractivity contribution < 1.29 is 36.2 Å². The number of aryl methyl sites for hydroxylation is 1. The molecule has 0 bridgehead atoms. The van der Waals surface area contributed by atoms with Gasteiger partial charge < -0.3 is 9.84 Å². The predicted molar refractivity (Wildman–Crippen MR) is 122 cm³/mol. The molecule has 1 N–H and O–H groups in total. The smallest absolute Gasteiger partial charge is 0.433 e. The minimum Gasteiger partial charge on any atom is -0.506 e. The van der Waals surface area contributed by atoms with Gasteiger partial charge in [-0.05, 0) is 44.3 Å². The van der Waals surface area contributed by atoms with Crippen molar-refractivity contribution in [3.63, 3.8) is 0 Å². The number of halogens is 6. The fourth-order valence-electron chi connectivity index (χ4n) is 3.34. The predicted octanol–water partition coefficient (Wildman–Crippen LogP) is 7.32. The van der Waals surface area contributed by atoms with E-state index < -0.39 is 29.4 Å². The summed E-state index contributed by atoms with van der Waals surface area (Å²) in [5.41, 5.74) is -2.70. The number of benzene rings is 1. The quantitative estimate of drug-likeness (QED) is 0.160. The van der Waals surface area contributed by atoms with Crippen LogP contribution in [0.4, 0.5) is 26.3 Å². The second-order valence-electron chi connectivity index (χ2n) is 7.87. The third kappa shape index (κ3) is 7.12. The third-order valence-electron chi connectivity index (χ3n) is 5.18. The van der Waals surface area contributed by atoms with Crippen molar-refractivity contribution in [3.05, 3.63) is 47.3 Å². The van der Waals surface area contributed by atoms with Crippen molar-refractivity contribution in [2.75, 3.05) is 6.61 Å². The van der Waals surface area contributed by atoms with Crippen LogP contribution < -0.4 is 4.74 Å². The van der Waals surface area contributed by atoms with Gasteiger partial charge in [-0.1, -0.05) is 26.2 Å². The maximum atomic E-state index is 13.2. The highest BCUT2D eigenvalue weighted by Crippen LogP contribution is 2.44. The summed E-state index contributed by atoms with van der Waals surface area (Å²) in [6, 6.07) is 3.43. The first-order valence-electron chi connectivity index (χ1n) is 10.8. The Morgan fingerprint density at radius 1 is 1.17 bits per heavy atom. The van der Waals surface area contributed by atoms with Gasteiger partial charge in [-0.3, -0.25) is 9.67 Å². The summed E-state index contributed by atoms with van der Waals surface area (Å²) in [6.07, 6.45) is -4.07. The van der Waals surface area contributed by atoms with Crippen molar-refractivity contribution in [1.29, 1.82) is 0 Å². The van der Waals surface area contributed by atoms with Gasteiger partial charge >= 0.3 is 12.4 Å². The molecule has 1 heterocycles. The SMILES string of the molecule is C=N/C=C(\C=C(/C)C(F)(F)F)c1c(OCCCCCC)ccc(-c2cc(C(F)(F)F)n(C)n2)c1O. The van der Waals surface area contributed by atoms with E-state index in [0.717, 1.165) is 51.6 Å². The molecule has 0 amide bonds. The summed E-state index contributed by atoms with van der Waals surface area (Å²) < 4.78 is 85.8. The van der Waals surface area contributed by atoms with Crippen LogP contribution in [0.5, 0.6) is 11.5 Å². The first kappa shape index (κ1) is 28.0. The molecule has 35 heavy (non-hydrogen) atoms. The lowest BCUT2D eigenvalue weighted by Crippen LogP contribution is -2.11. The second-order valence-corrected chi connectivity index (χ2v) is 7.87. The van der Waals surface area contributed by atoms with Crippen LogP contribution in [0.15, 0.2) is 41.0 Å². The molecule has 0 radical (unpaired) electrons. The van der Waals surface area contributed by atoms with Crippen molar-refractivity contribution in [1.82, 2.24) is 9.78 Å². The average molecular weight is 503 g/mol. The molecule has 0 saturated heterocycles. The molecule has 0 saturated carbocycles. The molecule has 0 aliphatic rings. The van der Waals surface area contributed by atoms with E-state index in [-0.39, 0.29) is 34.8 Å². The van der Waals surface area contributed by atoms with Gasteiger partial charge in [-0.15, -0.1) is 0 Å². The summed E-state index contributed by atoms with van der Waals surface area (Å²) in [7, 11) is 1.10. The number of hydrogen-bond acceptors (Lipinski definition) is 4. The molecule has 2 aromatic rings. The van der Waals surface area contributed by atoms with Gasteiger partial charge in [0, 0.05) is 30.0 Å². The van der Waals surface area contributed by atoms with E-state index >= 15 is 0 Å². The number of aromatic hydroxyl groups is 1. The van der Waals surface area contributed by atoms with Crippen LogP contribution >= 0.6 is 0 Å². The monoisotopic (exact) mass is 503 g/mol. The number of nitrogens with zero attached hydrogens (tertiary/aromatic N) is 3. The van der Waals surface area contributed by atoms with Gasteiger partial charge in [0.25, 0.3) is 0 Å². The van der Waals surface area contributed by atoms with Gasteiger partial charge in [0.1, 0.15) is 17.2 Å². The fraction of sp³-hybridized carbons (Fsp3) is 0.417. The van der Waals surface area contributed by atoms with E-state index in [0.29, 0.717) is 11.1 Å². The Labute approximate surface area is 199 Å². The molecule has 1 aromatic heterocycles. The highest BCUT2D eigenvalue weighted by molar-refractivity contribution is 5.87. The Kier molecular flexibility index (Phi) is 9.17. The summed E-state index contributed by atoms with van der Waals surface area (Å²) in [5, 5.41) is 14.9. The van der Waals surface area contributed by atoms with E-state index in [4.69, 9.17) is 4.74 Å². The number of phenolic OH excluding ortho intramolecular Hbond substituents is 1. The summed E-state index contributed by atoms with van der Waals surface area (Å²) in [6.45, 7) is 6.38. The molecule has 192 valence electrons. The van der Waals surface area contributed by atoms with Crippen molar-refractivity contribution >= 4 is 12.3 Å². The molecule has 0 unspecified atom stereocenters. The number of hydrogen-bond donors (Lipinski definition) is 1. The average Bonchev–Trinajstić information content (AvgIpc) is 3.14. The third-order valence-corrected chi connectivity index (χ3v) is 5.18. The molecule has 1 aromatic carbocycles. The standard InChI is InChI=1S/C24H27F6N3O2/c1-5-6-7-8-11-35-19-10-9-17(18-13-20(24(28,29)30)33(4)32-18)22(34)21(19)16(14-31-3)12-15(2)23(25,26)27/h9-10,12-14,34H,3,5-8,11H2,1-2,4H3/b15-12+,16-14+. The van der Waals surface area contributed by atoms with Gasteiger partial charge in [0.2, 0.25) is 0 Å². The van der Waals surface area contributed by atoms with Crippen molar-refractivity contribution in [2.45, 2.75) is 51.9 Å².